The van der Waals surface area contributed by atoms with Gasteiger partial charge in [0.2, 0.25) is 0 Å². The molecule has 2 aromatic rings. The monoisotopic (exact) mass is 252 g/mol. The zero-order valence-corrected chi connectivity index (χ0v) is 9.79. The molecule has 0 aliphatic heterocycles. The first-order valence-electron chi connectivity index (χ1n) is 4.88. The van der Waals surface area contributed by atoms with Crippen molar-refractivity contribution in [2.75, 3.05) is 11.1 Å². The second kappa shape index (κ2) is 4.55. The van der Waals surface area contributed by atoms with Crippen molar-refractivity contribution in [1.82, 2.24) is 9.97 Å². The van der Waals surface area contributed by atoms with E-state index in [1.54, 1.807) is 13.0 Å². The molecule has 17 heavy (non-hydrogen) atoms. The number of nitrogens with two attached hydrogens (primary N) is 1. The molecule has 0 aliphatic rings. The molecule has 0 saturated heterocycles. The minimum absolute atomic E-state index is 0.284. The van der Waals surface area contributed by atoms with Crippen LogP contribution < -0.4 is 11.1 Å². The average molecular weight is 253 g/mol. The van der Waals surface area contributed by atoms with Gasteiger partial charge in [0.15, 0.2) is 0 Å². The van der Waals surface area contributed by atoms with Crippen molar-refractivity contribution < 1.29 is 4.39 Å². The zero-order valence-electron chi connectivity index (χ0n) is 9.04. The van der Waals surface area contributed by atoms with Crippen molar-refractivity contribution >= 4 is 28.9 Å². The Morgan fingerprint density at radius 3 is 2.71 bits per heavy atom. The highest BCUT2D eigenvalue weighted by molar-refractivity contribution is 6.30. The molecule has 88 valence electrons. The topological polar surface area (TPSA) is 63.8 Å². The number of aryl methyl sites for hydroxylation is 1. The molecule has 0 atom stereocenters. The van der Waals surface area contributed by atoms with Crippen molar-refractivity contribution in [2.24, 2.45) is 0 Å². The molecule has 0 radical (unpaired) electrons. The summed E-state index contributed by atoms with van der Waals surface area (Å²) in [5.41, 5.74) is 5.85. The van der Waals surface area contributed by atoms with Gasteiger partial charge in [0.1, 0.15) is 23.3 Å². The van der Waals surface area contributed by atoms with Crippen LogP contribution in [0.4, 0.5) is 21.7 Å². The van der Waals surface area contributed by atoms with Crippen LogP contribution >= 0.6 is 11.6 Å². The summed E-state index contributed by atoms with van der Waals surface area (Å²) < 4.78 is 13.5. The summed E-state index contributed by atoms with van der Waals surface area (Å²) in [6.45, 7) is 1.71. The van der Waals surface area contributed by atoms with Crippen LogP contribution in [-0.4, -0.2) is 9.97 Å². The lowest BCUT2D eigenvalue weighted by atomic mass is 10.3. The van der Waals surface area contributed by atoms with Crippen LogP contribution in [0.1, 0.15) is 5.82 Å². The van der Waals surface area contributed by atoms with E-state index in [-0.39, 0.29) is 5.69 Å². The van der Waals surface area contributed by atoms with Gasteiger partial charge in [-0.2, -0.15) is 0 Å². The number of nitrogens with zero attached hydrogens (tertiary/aromatic N) is 2. The molecular weight excluding hydrogens is 243 g/mol. The van der Waals surface area contributed by atoms with E-state index in [2.05, 4.69) is 15.3 Å². The maximum absolute atomic E-state index is 13.5. The minimum Gasteiger partial charge on any atom is -0.384 e. The number of hydrogen-bond donors (Lipinski definition) is 2. The van der Waals surface area contributed by atoms with E-state index in [0.29, 0.717) is 22.5 Å². The van der Waals surface area contributed by atoms with Crippen LogP contribution in [0.25, 0.3) is 0 Å². The Hall–Kier alpha value is -1.88. The number of halogens is 2. The van der Waals surface area contributed by atoms with Crippen LogP contribution in [-0.2, 0) is 0 Å². The first-order chi connectivity index (χ1) is 8.04. The number of nitrogen functional groups attached to an aromatic ring is 1. The molecular formula is C11H10ClFN4. The van der Waals surface area contributed by atoms with E-state index in [4.69, 9.17) is 17.3 Å². The maximum Gasteiger partial charge on any atom is 0.148 e. The van der Waals surface area contributed by atoms with Gasteiger partial charge in [0.05, 0.1) is 5.69 Å². The lowest BCUT2D eigenvalue weighted by Crippen LogP contribution is -2.01. The van der Waals surface area contributed by atoms with Crippen molar-refractivity contribution in [3.05, 3.63) is 40.9 Å². The summed E-state index contributed by atoms with van der Waals surface area (Å²) in [4.78, 5) is 8.02. The predicted molar refractivity (Wildman–Crippen MR) is 65.9 cm³/mol. The number of hydrogen-bond acceptors (Lipinski definition) is 4. The Morgan fingerprint density at radius 1 is 1.29 bits per heavy atom. The smallest absolute Gasteiger partial charge is 0.148 e. The number of aromatic nitrogens is 2. The van der Waals surface area contributed by atoms with E-state index in [9.17, 15) is 4.39 Å². The second-order valence-electron chi connectivity index (χ2n) is 3.47. The fraction of sp³-hybridized carbons (Fsp3) is 0.0909. The number of anilines is 3. The maximum atomic E-state index is 13.5. The van der Waals surface area contributed by atoms with Gasteiger partial charge in [0, 0.05) is 11.1 Å². The van der Waals surface area contributed by atoms with Gasteiger partial charge in [-0.1, -0.05) is 11.6 Å². The van der Waals surface area contributed by atoms with Gasteiger partial charge in [0.25, 0.3) is 0 Å². The first kappa shape index (κ1) is 11.6. The van der Waals surface area contributed by atoms with Crippen LogP contribution in [0, 0.1) is 12.7 Å². The highest BCUT2D eigenvalue weighted by atomic mass is 35.5. The third kappa shape index (κ3) is 2.82. The molecule has 0 amide bonds. The van der Waals surface area contributed by atoms with E-state index in [1.165, 1.54) is 18.2 Å². The minimum atomic E-state index is -0.452. The molecule has 0 fully saturated rings. The molecule has 0 unspecified atom stereocenters. The van der Waals surface area contributed by atoms with E-state index >= 15 is 0 Å². The largest absolute Gasteiger partial charge is 0.384 e. The Morgan fingerprint density at radius 2 is 2.06 bits per heavy atom. The highest BCUT2D eigenvalue weighted by Crippen LogP contribution is 2.22. The van der Waals surface area contributed by atoms with Gasteiger partial charge in [-0.3, -0.25) is 0 Å². The third-order valence-corrected chi connectivity index (χ3v) is 2.29. The Bertz CT molecular complexity index is 539. The fourth-order valence-corrected chi connectivity index (χ4v) is 1.54. The summed E-state index contributed by atoms with van der Waals surface area (Å²) in [5, 5.41) is 3.16. The van der Waals surface area contributed by atoms with Crippen molar-refractivity contribution in [1.29, 1.82) is 0 Å². The average Bonchev–Trinajstić information content (AvgIpc) is 2.21. The summed E-state index contributed by atoms with van der Waals surface area (Å²) in [6.07, 6.45) is 0. The number of benzene rings is 1. The SMILES string of the molecule is Cc1nc(N)cc(Nc2ccc(Cl)cc2F)n1. The molecule has 0 saturated carbocycles. The standard InChI is InChI=1S/C11H10ClFN4/c1-6-15-10(14)5-11(16-6)17-9-3-2-7(12)4-8(9)13/h2-5H,1H3,(H3,14,15,16,17). The molecule has 0 bridgehead atoms. The molecule has 1 heterocycles. The molecule has 1 aromatic carbocycles. The summed E-state index contributed by atoms with van der Waals surface area (Å²) in [7, 11) is 0. The molecule has 4 nitrogen and oxygen atoms in total. The number of nitrogens with one attached hydrogen (secondary N) is 1. The number of rotatable bonds is 2. The van der Waals surface area contributed by atoms with Gasteiger partial charge < -0.3 is 11.1 Å². The second-order valence-corrected chi connectivity index (χ2v) is 3.91. The van der Waals surface area contributed by atoms with Gasteiger partial charge in [-0.05, 0) is 25.1 Å². The van der Waals surface area contributed by atoms with Crippen LogP contribution in [0.2, 0.25) is 5.02 Å². The molecule has 6 heteroatoms. The fourth-order valence-electron chi connectivity index (χ4n) is 1.38. The summed E-state index contributed by atoms with van der Waals surface area (Å²) in [5.74, 6) is 0.833. The summed E-state index contributed by atoms with van der Waals surface area (Å²) >= 11 is 5.66. The van der Waals surface area contributed by atoms with Crippen LogP contribution in [0.3, 0.4) is 0 Å². The molecule has 2 rings (SSSR count). The van der Waals surface area contributed by atoms with Crippen molar-refractivity contribution in [2.45, 2.75) is 6.92 Å². The van der Waals surface area contributed by atoms with Gasteiger partial charge in [-0.15, -0.1) is 0 Å². The Balaban J connectivity index is 2.31. The molecule has 0 aliphatic carbocycles. The first-order valence-corrected chi connectivity index (χ1v) is 5.25. The zero-order chi connectivity index (χ0) is 12.4. The van der Waals surface area contributed by atoms with E-state index in [1.807, 2.05) is 0 Å². The van der Waals surface area contributed by atoms with Crippen molar-refractivity contribution in [3.63, 3.8) is 0 Å². The highest BCUT2D eigenvalue weighted by Gasteiger charge is 2.05. The quantitative estimate of drug-likeness (QED) is 0.863. The summed E-state index contributed by atoms with van der Waals surface area (Å²) in [6, 6.07) is 5.87. The van der Waals surface area contributed by atoms with Crippen LogP contribution in [0.5, 0.6) is 0 Å². The van der Waals surface area contributed by atoms with Crippen molar-refractivity contribution in [3.8, 4) is 0 Å². The van der Waals surface area contributed by atoms with E-state index < -0.39 is 5.82 Å². The molecule has 0 spiro atoms. The predicted octanol–water partition coefficient (Wildman–Crippen LogP) is 2.90. The third-order valence-electron chi connectivity index (χ3n) is 2.05. The van der Waals surface area contributed by atoms with Gasteiger partial charge in [-0.25, -0.2) is 14.4 Å². The Kier molecular flexibility index (Phi) is 3.10. The van der Waals surface area contributed by atoms with Gasteiger partial charge >= 0.3 is 0 Å². The Labute approximate surface area is 103 Å². The lowest BCUT2D eigenvalue weighted by Gasteiger charge is -2.08. The lowest BCUT2D eigenvalue weighted by molar-refractivity contribution is 0.632. The van der Waals surface area contributed by atoms with Crippen LogP contribution in [0.15, 0.2) is 24.3 Å². The normalized spacial score (nSPS) is 10.3. The van der Waals surface area contributed by atoms with E-state index in [0.717, 1.165) is 0 Å². The molecule has 3 N–H and O–H groups in total. The molecule has 1 aromatic heterocycles.